The van der Waals surface area contributed by atoms with Crippen LogP contribution in [0, 0.1) is 0 Å². The number of hydrogen-bond acceptors (Lipinski definition) is 2. The molecule has 0 aliphatic heterocycles. The van der Waals surface area contributed by atoms with Crippen LogP contribution >= 0.6 is 8.25 Å². The summed E-state index contributed by atoms with van der Waals surface area (Å²) >= 11 is 0. The van der Waals surface area contributed by atoms with Gasteiger partial charge in [0.2, 0.25) is 0 Å². The van der Waals surface area contributed by atoms with Gasteiger partial charge in [-0.2, -0.15) is 4.89 Å². The summed E-state index contributed by atoms with van der Waals surface area (Å²) in [5.41, 5.74) is 0. The van der Waals surface area contributed by atoms with Gasteiger partial charge in [-0.1, -0.05) is 0 Å². The Balaban J connectivity index is -0.00000000300. The van der Waals surface area contributed by atoms with E-state index in [9.17, 15) is 0 Å². The summed E-state index contributed by atoms with van der Waals surface area (Å²) < 4.78 is 8.59. The molecule has 0 aromatic heterocycles. The molecule has 0 aliphatic rings. The first-order chi connectivity index (χ1) is 1.73. The van der Waals surface area contributed by atoms with Crippen molar-refractivity contribution in [1.29, 1.82) is 0 Å². The maximum atomic E-state index is 8.59. The van der Waals surface area contributed by atoms with Crippen molar-refractivity contribution >= 4 is 8.25 Å². The van der Waals surface area contributed by atoms with Crippen LogP contribution in [0.15, 0.2) is 0 Å². The average Bonchev–Trinajstić information content (AvgIpc) is 0.811. The molecule has 0 fully saturated rings. The fraction of sp³-hybridized carbons (Fsp3) is 0. The second kappa shape index (κ2) is 17.1. The van der Waals surface area contributed by atoms with Crippen molar-refractivity contribution < 1.29 is 173 Å². The maximum Gasteiger partial charge on any atom is 1.00 e. The molecule has 0 amide bonds. The van der Waals surface area contributed by atoms with Gasteiger partial charge in [0.15, 0.2) is 0 Å². The molecule has 7 heteroatoms. The van der Waals surface area contributed by atoms with E-state index >= 15 is 0 Å². The summed E-state index contributed by atoms with van der Waals surface area (Å²) in [5.74, 6) is 0. The van der Waals surface area contributed by atoms with Crippen LogP contribution in [-0.2, 0) is 4.57 Å². The number of rotatable bonds is 0. The van der Waals surface area contributed by atoms with Gasteiger partial charge in [-0.3, -0.25) is 0 Å². The van der Waals surface area contributed by atoms with Gasteiger partial charge in [0.1, 0.15) is 0 Å². The normalized spacial score (nSPS) is 6.29. The molecule has 0 rings (SSSR count). The van der Waals surface area contributed by atoms with Crippen LogP contribution in [0.25, 0.3) is 0 Å². The molecule has 0 bridgehead atoms. The third-order valence-corrected chi connectivity index (χ3v) is 0. The van der Waals surface area contributed by atoms with E-state index in [2.05, 4.69) is 0 Å². The zero-order chi connectivity index (χ0) is 3.58. The van der Waals surface area contributed by atoms with Crippen LogP contribution in [0.3, 0.4) is 0 Å². The molecule has 0 saturated heterocycles. The molecule has 0 aliphatic carbocycles. The Morgan fingerprint density at radius 3 is 1.43 bits per heavy atom. The van der Waals surface area contributed by atoms with E-state index in [1.807, 2.05) is 0 Å². The van der Waals surface area contributed by atoms with Crippen LogP contribution in [0.5, 0.6) is 0 Å². The molecule has 1 unspecified atom stereocenters. The van der Waals surface area contributed by atoms with Crippen molar-refractivity contribution in [3.05, 3.63) is 0 Å². The van der Waals surface area contributed by atoms with Crippen LogP contribution < -0.4 is 159 Å². The molecule has 0 aromatic rings. The van der Waals surface area contributed by atoms with Gasteiger partial charge in [-0.05, 0) is 4.57 Å². The Bertz CT molecular complexity index is 42.0. The molecule has 0 saturated carbocycles. The van der Waals surface area contributed by atoms with E-state index in [0.717, 1.165) is 0 Å². The Morgan fingerprint density at radius 1 is 1.43 bits per heavy atom. The van der Waals surface area contributed by atoms with Gasteiger partial charge in [0.25, 0.3) is 0 Å². The van der Waals surface area contributed by atoms with Crippen LogP contribution in [0.2, 0.25) is 0 Å². The first-order valence-electron chi connectivity index (χ1n) is 0.565. The van der Waals surface area contributed by atoms with Crippen molar-refractivity contribution in [1.82, 2.24) is 0 Å². The molecule has 0 spiro atoms. The molecule has 0 radical (unpaired) electrons. The fourth-order valence-electron chi connectivity index (χ4n) is 0. The van der Waals surface area contributed by atoms with Gasteiger partial charge >= 0.3 is 162 Å². The van der Waals surface area contributed by atoms with E-state index in [4.69, 9.17) is 14.4 Å². The van der Waals surface area contributed by atoms with E-state index in [1.165, 1.54) is 0 Å². The van der Waals surface area contributed by atoms with Crippen LogP contribution in [0.4, 0.5) is 0 Å². The van der Waals surface area contributed by atoms with Crippen LogP contribution in [0.1, 0.15) is 4.28 Å². The van der Waals surface area contributed by atoms with Crippen molar-refractivity contribution in [2.45, 2.75) is 0 Å². The molecule has 3 nitrogen and oxygen atoms in total. The minimum Gasteiger partial charge on any atom is -1.00 e. The van der Waals surface area contributed by atoms with E-state index < -0.39 is 8.25 Å². The summed E-state index contributed by atoms with van der Waals surface area (Å²) in [6, 6.07) is 0. The predicted molar refractivity (Wildman–Crippen MR) is 13.2 cm³/mol. The van der Waals surface area contributed by atoms with E-state index in [0.29, 0.717) is 0 Å². The predicted octanol–water partition coefficient (Wildman–Crippen LogP) is -9.65. The SMILES string of the molecule is O=[P+]([O-])O.[H-].[H-].[H-].[K+].[K+].[K+]. The van der Waals surface area contributed by atoms with Crippen molar-refractivity contribution in [3.8, 4) is 0 Å². The summed E-state index contributed by atoms with van der Waals surface area (Å²) in [4.78, 5) is 15.6. The Labute approximate surface area is 175 Å². The molecule has 0 heterocycles. The number of hydrogen-bond donors (Lipinski definition) is 1. The third-order valence-electron chi connectivity index (χ3n) is 0. The summed E-state index contributed by atoms with van der Waals surface area (Å²) in [6.07, 6.45) is 0. The molecule has 1 atom stereocenters. The zero-order valence-electron chi connectivity index (χ0n) is 7.71. The molecule has 7 heavy (non-hydrogen) atoms. The van der Waals surface area contributed by atoms with Gasteiger partial charge in [0, 0.05) is 0 Å². The molecular weight excluding hydrogens is 196 g/mol. The average molecular weight is 200 g/mol. The maximum absolute atomic E-state index is 8.59. The van der Waals surface area contributed by atoms with Gasteiger partial charge in [0.05, 0.1) is 0 Å². The quantitative estimate of drug-likeness (QED) is 0.312. The van der Waals surface area contributed by atoms with Crippen molar-refractivity contribution in [2.75, 3.05) is 0 Å². The van der Waals surface area contributed by atoms with Crippen molar-refractivity contribution in [3.63, 3.8) is 0 Å². The first-order valence-corrected chi connectivity index (χ1v) is 1.70. The molecule has 1 N–H and O–H groups in total. The fourth-order valence-corrected chi connectivity index (χ4v) is 0. The largest absolute Gasteiger partial charge is 1.00 e. The second-order valence-electron chi connectivity index (χ2n) is 0.238. The zero-order valence-corrected chi connectivity index (χ0v) is 15.0. The summed E-state index contributed by atoms with van der Waals surface area (Å²) in [5, 5.41) is 0. The van der Waals surface area contributed by atoms with Crippen LogP contribution in [-0.4, -0.2) is 4.89 Å². The Kier molecular flexibility index (Phi) is 55.5. The molecular formula is H4K3O3P. The van der Waals surface area contributed by atoms with Gasteiger partial charge in [-0.25, -0.2) is 0 Å². The summed E-state index contributed by atoms with van der Waals surface area (Å²) in [6.45, 7) is 0. The summed E-state index contributed by atoms with van der Waals surface area (Å²) in [7, 11) is -3.12. The topological polar surface area (TPSA) is 60.4 Å². The van der Waals surface area contributed by atoms with E-state index in [1.54, 1.807) is 0 Å². The monoisotopic (exact) mass is 200 g/mol. The first kappa shape index (κ1) is 22.7. The minimum absolute atomic E-state index is 0. The Morgan fingerprint density at radius 2 is 1.43 bits per heavy atom. The second-order valence-corrected chi connectivity index (χ2v) is 0.714. The third kappa shape index (κ3) is 35.9. The smallest absolute Gasteiger partial charge is 1.00 e. The van der Waals surface area contributed by atoms with Gasteiger partial charge in [-0.15, -0.1) is 0 Å². The Hall–Kier alpha value is 4.93. The standard InChI is InChI=1S/3K.HO3P.3H/c;;;1-4(2)3;;;/h;;;(H,1,2,3);;;/q3*+1;;3*-1. The van der Waals surface area contributed by atoms with E-state index in [-0.39, 0.29) is 158 Å². The van der Waals surface area contributed by atoms with Crippen molar-refractivity contribution in [2.24, 2.45) is 0 Å². The minimum atomic E-state index is -3.12. The van der Waals surface area contributed by atoms with Gasteiger partial charge < -0.3 is 9.17 Å². The molecule has 0 aromatic carbocycles. The molecule has 30 valence electrons.